The van der Waals surface area contributed by atoms with Crippen molar-refractivity contribution < 1.29 is 18.3 Å². The average Bonchev–Trinajstić information content (AvgIpc) is 2.72. The molecular formula is C22H25F2NO2. The number of ether oxygens (including phenoxy) is 1. The molecule has 0 aliphatic carbocycles. The van der Waals surface area contributed by atoms with E-state index in [2.05, 4.69) is 4.90 Å². The summed E-state index contributed by atoms with van der Waals surface area (Å²) >= 11 is 0. The summed E-state index contributed by atoms with van der Waals surface area (Å²) < 4.78 is 31.3. The van der Waals surface area contributed by atoms with Gasteiger partial charge in [0.1, 0.15) is 12.5 Å². The highest BCUT2D eigenvalue weighted by Crippen LogP contribution is 2.25. The predicted molar refractivity (Wildman–Crippen MR) is 101 cm³/mol. The quantitative estimate of drug-likeness (QED) is 0.666. The first-order valence-corrected chi connectivity index (χ1v) is 9.30. The molecule has 1 saturated heterocycles. The molecule has 0 amide bonds. The molecule has 27 heavy (non-hydrogen) atoms. The predicted octanol–water partition coefficient (Wildman–Crippen LogP) is 4.58. The van der Waals surface area contributed by atoms with E-state index < -0.39 is 6.67 Å². The van der Waals surface area contributed by atoms with Crippen molar-refractivity contribution in [3.05, 3.63) is 71.0 Å². The van der Waals surface area contributed by atoms with Gasteiger partial charge in [-0.25, -0.2) is 8.78 Å². The van der Waals surface area contributed by atoms with Gasteiger partial charge in [-0.2, -0.15) is 0 Å². The molecular weight excluding hydrogens is 348 g/mol. The third kappa shape index (κ3) is 4.99. The van der Waals surface area contributed by atoms with Crippen LogP contribution in [0.1, 0.15) is 40.4 Å². The summed E-state index contributed by atoms with van der Waals surface area (Å²) in [5.41, 5.74) is 2.27. The first-order valence-electron chi connectivity index (χ1n) is 9.30. The standard InChI is InChI=1S/C22H25F2NO2/c1-27-21(17-4-2-16(14-23)3-5-17)15-25-12-10-19(11-13-25)22(26)18-6-8-20(24)9-7-18/h2-9,19,21H,10-15H2,1H3. The van der Waals surface area contributed by atoms with Gasteiger partial charge in [-0.15, -0.1) is 0 Å². The maximum absolute atomic E-state index is 13.0. The monoisotopic (exact) mass is 373 g/mol. The Balaban J connectivity index is 1.54. The maximum Gasteiger partial charge on any atom is 0.166 e. The van der Waals surface area contributed by atoms with Crippen LogP contribution < -0.4 is 0 Å². The number of carbonyl (C=O) groups excluding carboxylic acids is 1. The van der Waals surface area contributed by atoms with E-state index in [4.69, 9.17) is 4.74 Å². The smallest absolute Gasteiger partial charge is 0.166 e. The number of Topliss-reactive ketones (excluding diaryl/α,β-unsaturated/α-hetero) is 1. The normalized spacial score (nSPS) is 17.0. The number of ketones is 1. The molecule has 0 spiro atoms. The first-order chi connectivity index (χ1) is 13.1. The highest BCUT2D eigenvalue weighted by molar-refractivity contribution is 5.97. The van der Waals surface area contributed by atoms with Crippen LogP contribution in [0.4, 0.5) is 8.78 Å². The molecule has 0 radical (unpaired) electrons. The molecule has 5 heteroatoms. The fourth-order valence-electron chi connectivity index (χ4n) is 3.60. The van der Waals surface area contributed by atoms with E-state index in [-0.39, 0.29) is 23.6 Å². The van der Waals surface area contributed by atoms with Gasteiger partial charge < -0.3 is 9.64 Å². The molecule has 0 bridgehead atoms. The molecule has 1 aliphatic rings. The highest BCUT2D eigenvalue weighted by Gasteiger charge is 2.27. The zero-order valence-electron chi connectivity index (χ0n) is 15.5. The van der Waals surface area contributed by atoms with E-state index in [0.717, 1.165) is 38.0 Å². The van der Waals surface area contributed by atoms with Gasteiger partial charge in [0.15, 0.2) is 5.78 Å². The zero-order valence-corrected chi connectivity index (χ0v) is 15.5. The molecule has 3 rings (SSSR count). The van der Waals surface area contributed by atoms with Crippen molar-refractivity contribution in [1.29, 1.82) is 0 Å². The number of piperidine rings is 1. The number of benzene rings is 2. The lowest BCUT2D eigenvalue weighted by Gasteiger charge is -2.33. The van der Waals surface area contributed by atoms with Gasteiger partial charge in [0, 0.05) is 25.1 Å². The summed E-state index contributed by atoms with van der Waals surface area (Å²) in [4.78, 5) is 14.9. The van der Waals surface area contributed by atoms with Crippen LogP contribution in [0.25, 0.3) is 0 Å². The molecule has 1 unspecified atom stereocenters. The Bertz CT molecular complexity index is 738. The van der Waals surface area contributed by atoms with Crippen LogP contribution in [0.15, 0.2) is 48.5 Å². The van der Waals surface area contributed by atoms with Crippen molar-refractivity contribution in [2.75, 3.05) is 26.7 Å². The fourth-order valence-corrected chi connectivity index (χ4v) is 3.60. The van der Waals surface area contributed by atoms with Gasteiger partial charge >= 0.3 is 0 Å². The second kappa shape index (κ2) is 9.20. The van der Waals surface area contributed by atoms with Crippen LogP contribution in [0.2, 0.25) is 0 Å². The fraction of sp³-hybridized carbons (Fsp3) is 0.409. The number of carbonyl (C=O) groups is 1. The molecule has 144 valence electrons. The number of methoxy groups -OCH3 is 1. The second-order valence-corrected chi connectivity index (χ2v) is 7.05. The molecule has 2 aromatic rings. The van der Waals surface area contributed by atoms with Gasteiger partial charge in [0.2, 0.25) is 0 Å². The van der Waals surface area contributed by atoms with Crippen molar-refractivity contribution in [2.45, 2.75) is 25.6 Å². The summed E-state index contributed by atoms with van der Waals surface area (Å²) in [6, 6.07) is 13.2. The number of hydrogen-bond acceptors (Lipinski definition) is 3. The lowest BCUT2D eigenvalue weighted by Crippen LogP contribution is -2.39. The van der Waals surface area contributed by atoms with Crippen molar-refractivity contribution in [1.82, 2.24) is 4.90 Å². The maximum atomic E-state index is 13.0. The van der Waals surface area contributed by atoms with Gasteiger partial charge in [0.25, 0.3) is 0 Å². The van der Waals surface area contributed by atoms with E-state index in [1.807, 2.05) is 12.1 Å². The topological polar surface area (TPSA) is 29.5 Å². The molecule has 1 heterocycles. The van der Waals surface area contributed by atoms with Crippen molar-refractivity contribution in [2.24, 2.45) is 5.92 Å². The average molecular weight is 373 g/mol. The minimum absolute atomic E-state index is 0.0171. The van der Waals surface area contributed by atoms with E-state index in [9.17, 15) is 13.6 Å². The lowest BCUT2D eigenvalue weighted by molar-refractivity contribution is 0.0485. The number of rotatable bonds is 7. The van der Waals surface area contributed by atoms with Gasteiger partial charge in [-0.3, -0.25) is 4.79 Å². The number of likely N-dealkylation sites (tertiary alicyclic amines) is 1. The third-order valence-electron chi connectivity index (χ3n) is 5.30. The van der Waals surface area contributed by atoms with Crippen LogP contribution in [0.3, 0.4) is 0 Å². The Hall–Kier alpha value is -2.11. The molecule has 1 atom stereocenters. The van der Waals surface area contributed by atoms with Gasteiger partial charge in [0.05, 0.1) is 6.10 Å². The Kier molecular flexibility index (Phi) is 6.69. The summed E-state index contributed by atoms with van der Waals surface area (Å²) in [6.07, 6.45) is 1.49. The van der Waals surface area contributed by atoms with Crippen LogP contribution in [0, 0.1) is 11.7 Å². The van der Waals surface area contributed by atoms with E-state index >= 15 is 0 Å². The Morgan fingerprint density at radius 3 is 2.30 bits per heavy atom. The Morgan fingerprint density at radius 2 is 1.74 bits per heavy atom. The summed E-state index contributed by atoms with van der Waals surface area (Å²) in [7, 11) is 1.68. The van der Waals surface area contributed by atoms with Crippen molar-refractivity contribution in [3.8, 4) is 0 Å². The summed E-state index contributed by atoms with van der Waals surface area (Å²) in [5, 5.41) is 0. The molecule has 2 aromatic carbocycles. The minimum atomic E-state index is -0.465. The van der Waals surface area contributed by atoms with Crippen LogP contribution in [-0.2, 0) is 11.4 Å². The van der Waals surface area contributed by atoms with Gasteiger partial charge in [-0.1, -0.05) is 24.3 Å². The SMILES string of the molecule is COC(CN1CCC(C(=O)c2ccc(F)cc2)CC1)c1ccc(CF)cc1. The van der Waals surface area contributed by atoms with Crippen molar-refractivity contribution >= 4 is 5.78 Å². The number of halogens is 2. The Labute approximate surface area is 158 Å². The summed E-state index contributed by atoms with van der Waals surface area (Å²) in [5.74, 6) is -0.247. The first kappa shape index (κ1) is 19.6. The van der Waals surface area contributed by atoms with E-state index in [1.165, 1.54) is 12.1 Å². The largest absolute Gasteiger partial charge is 0.375 e. The van der Waals surface area contributed by atoms with Crippen LogP contribution >= 0.6 is 0 Å². The lowest BCUT2D eigenvalue weighted by atomic mass is 9.88. The second-order valence-electron chi connectivity index (χ2n) is 7.05. The van der Waals surface area contributed by atoms with Crippen molar-refractivity contribution in [3.63, 3.8) is 0 Å². The third-order valence-corrected chi connectivity index (χ3v) is 5.30. The number of nitrogens with zero attached hydrogens (tertiary/aromatic N) is 1. The molecule has 1 aliphatic heterocycles. The molecule has 0 N–H and O–H groups in total. The van der Waals surface area contributed by atoms with E-state index in [1.54, 1.807) is 31.4 Å². The highest BCUT2D eigenvalue weighted by atomic mass is 19.1. The zero-order chi connectivity index (χ0) is 19.2. The molecule has 0 aromatic heterocycles. The number of hydrogen-bond donors (Lipinski definition) is 0. The van der Waals surface area contributed by atoms with E-state index in [0.29, 0.717) is 11.1 Å². The molecule has 0 saturated carbocycles. The minimum Gasteiger partial charge on any atom is -0.375 e. The Morgan fingerprint density at radius 1 is 1.11 bits per heavy atom. The number of alkyl halides is 1. The van der Waals surface area contributed by atoms with Gasteiger partial charge in [-0.05, 0) is 61.3 Å². The van der Waals surface area contributed by atoms with Crippen LogP contribution in [0.5, 0.6) is 0 Å². The summed E-state index contributed by atoms with van der Waals surface area (Å²) in [6.45, 7) is 1.91. The molecule has 1 fully saturated rings. The van der Waals surface area contributed by atoms with Crippen LogP contribution in [-0.4, -0.2) is 37.4 Å². The molecule has 3 nitrogen and oxygen atoms in total.